The zero-order chi connectivity index (χ0) is 24.1. The molecule has 0 aliphatic carbocycles. The summed E-state index contributed by atoms with van der Waals surface area (Å²) in [6.45, 7) is 0.511. The molecule has 0 aliphatic rings. The smallest absolute Gasteiger partial charge is 0.264 e. The van der Waals surface area contributed by atoms with Crippen molar-refractivity contribution >= 4 is 67.9 Å². The Balaban J connectivity index is 1.34. The van der Waals surface area contributed by atoms with Crippen molar-refractivity contribution in [2.75, 3.05) is 15.4 Å². The fourth-order valence-corrected chi connectivity index (χ4v) is 4.40. The van der Waals surface area contributed by atoms with E-state index in [2.05, 4.69) is 30.4 Å². The topological polar surface area (TPSA) is 114 Å². The van der Waals surface area contributed by atoms with Crippen molar-refractivity contribution in [2.24, 2.45) is 0 Å². The van der Waals surface area contributed by atoms with Crippen LogP contribution < -0.4 is 15.4 Å². The van der Waals surface area contributed by atoms with Crippen LogP contribution in [0.2, 0.25) is 10.0 Å². The van der Waals surface area contributed by atoms with E-state index in [1.54, 1.807) is 47.4 Å². The monoisotopic (exact) mass is 533 g/mol. The molecule has 0 fully saturated rings. The number of hydrogen-bond acceptors (Lipinski definition) is 6. The van der Waals surface area contributed by atoms with Crippen LogP contribution in [0, 0.1) is 0 Å². The first-order valence-electron chi connectivity index (χ1n) is 9.73. The minimum atomic E-state index is -3.81. The Labute approximate surface area is 211 Å². The molecular formula is C21H17Cl2N7O2S2. The van der Waals surface area contributed by atoms with E-state index in [0.29, 0.717) is 33.1 Å². The molecule has 2 aromatic heterocycles. The molecule has 3 N–H and O–H groups in total. The van der Waals surface area contributed by atoms with E-state index in [0.717, 1.165) is 5.56 Å². The molecule has 0 amide bonds. The molecule has 0 atom stereocenters. The molecule has 0 saturated heterocycles. The highest BCUT2D eigenvalue weighted by atomic mass is 35.5. The Morgan fingerprint density at radius 1 is 0.971 bits per heavy atom. The van der Waals surface area contributed by atoms with Gasteiger partial charge in [-0.1, -0.05) is 29.3 Å². The third-order valence-electron chi connectivity index (χ3n) is 4.43. The molecule has 2 aromatic carbocycles. The van der Waals surface area contributed by atoms with Crippen LogP contribution in [0.5, 0.6) is 0 Å². The van der Waals surface area contributed by atoms with Crippen molar-refractivity contribution in [3.8, 4) is 0 Å². The minimum absolute atomic E-state index is 0.00483. The maximum Gasteiger partial charge on any atom is 0.264 e. The number of sulfonamides is 1. The van der Waals surface area contributed by atoms with Crippen molar-refractivity contribution in [1.29, 1.82) is 0 Å². The molecule has 4 aromatic rings. The average molecular weight is 534 g/mol. The second-order valence-electron chi connectivity index (χ2n) is 6.96. The number of aromatic nitrogens is 4. The Hall–Kier alpha value is -3.25. The molecule has 0 spiro atoms. The lowest BCUT2D eigenvalue weighted by atomic mass is 10.2. The van der Waals surface area contributed by atoms with E-state index < -0.39 is 10.0 Å². The average Bonchev–Trinajstić information content (AvgIpc) is 3.23. The lowest BCUT2D eigenvalue weighted by molar-refractivity contribution is 0.601. The van der Waals surface area contributed by atoms with Gasteiger partial charge in [-0.25, -0.2) is 23.1 Å². The summed E-state index contributed by atoms with van der Waals surface area (Å²) in [5.41, 5.74) is 2.24. The molecule has 13 heteroatoms. The number of benzene rings is 2. The molecule has 174 valence electrons. The van der Waals surface area contributed by atoms with Crippen molar-refractivity contribution in [3.05, 3.63) is 88.9 Å². The van der Waals surface area contributed by atoms with E-state index in [1.807, 2.05) is 6.07 Å². The zero-order valence-corrected chi connectivity index (χ0v) is 20.5. The molecule has 2 heterocycles. The summed E-state index contributed by atoms with van der Waals surface area (Å²) in [7, 11) is -3.81. The van der Waals surface area contributed by atoms with Gasteiger partial charge in [-0.15, -0.1) is 0 Å². The van der Waals surface area contributed by atoms with E-state index in [1.165, 1.54) is 24.5 Å². The van der Waals surface area contributed by atoms with Crippen LogP contribution in [0.15, 0.2) is 78.2 Å². The largest absolute Gasteiger partial charge is 0.332 e. The number of hydrogen-bond donors (Lipinski definition) is 3. The highest BCUT2D eigenvalue weighted by Crippen LogP contribution is 2.23. The first-order valence-corrected chi connectivity index (χ1v) is 12.4. The summed E-state index contributed by atoms with van der Waals surface area (Å²) in [6, 6.07) is 13.1. The number of halogens is 2. The molecule has 9 nitrogen and oxygen atoms in total. The fraction of sp³-hybridized carbons (Fsp3) is 0.0476. The summed E-state index contributed by atoms with van der Waals surface area (Å²) in [6.07, 6.45) is 6.33. The van der Waals surface area contributed by atoms with Crippen LogP contribution in [-0.4, -0.2) is 33.3 Å². The van der Waals surface area contributed by atoms with Gasteiger partial charge in [0.1, 0.15) is 0 Å². The molecule has 4 rings (SSSR count). The molecule has 0 saturated carbocycles. The summed E-state index contributed by atoms with van der Waals surface area (Å²) >= 11 is 17.4. The molecule has 34 heavy (non-hydrogen) atoms. The predicted molar refractivity (Wildman–Crippen MR) is 137 cm³/mol. The second kappa shape index (κ2) is 10.3. The lowest BCUT2D eigenvalue weighted by Gasteiger charge is -2.10. The minimum Gasteiger partial charge on any atom is -0.332 e. The highest BCUT2D eigenvalue weighted by molar-refractivity contribution is 7.92. The summed E-state index contributed by atoms with van der Waals surface area (Å²) in [4.78, 5) is 7.79. The standard InChI is InChI=1S/C21H17Cl2N7O2S2/c22-18-7-2-14(10-19(18)23)12-30-13-16(11-26-30)28-21(33)27-15-3-5-17(6-4-15)34(31,32)29-20-24-8-1-9-25-20/h1-11,13H,12H2,(H,24,25,29)(H2,27,28,33). The third kappa shape index (κ3) is 6.20. The first-order chi connectivity index (χ1) is 16.3. The van der Waals surface area contributed by atoms with Crippen molar-refractivity contribution < 1.29 is 8.42 Å². The highest BCUT2D eigenvalue weighted by Gasteiger charge is 2.15. The maximum absolute atomic E-state index is 12.5. The molecular weight excluding hydrogens is 517 g/mol. The molecule has 0 bridgehead atoms. The Morgan fingerprint density at radius 3 is 2.38 bits per heavy atom. The summed E-state index contributed by atoms with van der Waals surface area (Å²) in [5.74, 6) is -0.00483. The molecule has 0 unspecified atom stereocenters. The Bertz CT molecular complexity index is 1410. The first kappa shape index (κ1) is 23.9. The predicted octanol–water partition coefficient (Wildman–Crippen LogP) is 4.64. The number of nitrogens with zero attached hydrogens (tertiary/aromatic N) is 4. The van der Waals surface area contributed by atoms with Crippen LogP contribution in [0.4, 0.5) is 17.3 Å². The fourth-order valence-electron chi connectivity index (χ4n) is 2.88. The van der Waals surface area contributed by atoms with Crippen LogP contribution in [-0.2, 0) is 16.6 Å². The van der Waals surface area contributed by atoms with Gasteiger partial charge in [0.15, 0.2) is 5.11 Å². The van der Waals surface area contributed by atoms with Crippen LogP contribution in [0.3, 0.4) is 0 Å². The van der Waals surface area contributed by atoms with Crippen molar-refractivity contribution in [2.45, 2.75) is 11.4 Å². The van der Waals surface area contributed by atoms with Gasteiger partial charge < -0.3 is 10.6 Å². The summed E-state index contributed by atoms with van der Waals surface area (Å²) < 4.78 is 29.0. The van der Waals surface area contributed by atoms with E-state index in [-0.39, 0.29) is 10.8 Å². The van der Waals surface area contributed by atoms with Gasteiger partial charge in [0.25, 0.3) is 10.0 Å². The van der Waals surface area contributed by atoms with Gasteiger partial charge in [0.2, 0.25) is 5.95 Å². The number of thiocarbonyl (C=S) groups is 1. The van der Waals surface area contributed by atoms with Crippen LogP contribution in [0.1, 0.15) is 5.56 Å². The van der Waals surface area contributed by atoms with Gasteiger partial charge in [0.05, 0.1) is 33.4 Å². The SMILES string of the molecule is O=S(=O)(Nc1ncccn1)c1ccc(NC(=S)Nc2cnn(Cc3ccc(Cl)c(Cl)c3)c2)cc1. The third-order valence-corrected chi connectivity index (χ3v) is 6.72. The number of nitrogens with one attached hydrogen (secondary N) is 3. The second-order valence-corrected chi connectivity index (χ2v) is 9.86. The van der Waals surface area contributed by atoms with Crippen LogP contribution >= 0.6 is 35.4 Å². The number of anilines is 3. The molecule has 0 aliphatic heterocycles. The van der Waals surface area contributed by atoms with Gasteiger partial charge in [0, 0.05) is 24.3 Å². The van der Waals surface area contributed by atoms with Crippen LogP contribution in [0.25, 0.3) is 0 Å². The van der Waals surface area contributed by atoms with E-state index >= 15 is 0 Å². The van der Waals surface area contributed by atoms with E-state index in [9.17, 15) is 8.42 Å². The Kier molecular flexibility index (Phi) is 7.27. The normalized spacial score (nSPS) is 11.1. The van der Waals surface area contributed by atoms with E-state index in [4.69, 9.17) is 35.4 Å². The summed E-state index contributed by atoms with van der Waals surface area (Å²) in [5, 5.41) is 11.6. The Morgan fingerprint density at radius 2 is 1.68 bits per heavy atom. The number of rotatable bonds is 7. The van der Waals surface area contributed by atoms with Gasteiger partial charge in [-0.2, -0.15) is 5.10 Å². The van der Waals surface area contributed by atoms with Gasteiger partial charge >= 0.3 is 0 Å². The zero-order valence-electron chi connectivity index (χ0n) is 17.3. The molecule has 0 radical (unpaired) electrons. The maximum atomic E-state index is 12.5. The van der Waals surface area contributed by atoms with Crippen molar-refractivity contribution in [1.82, 2.24) is 19.7 Å². The quantitative estimate of drug-likeness (QED) is 0.294. The van der Waals surface area contributed by atoms with Gasteiger partial charge in [-0.3, -0.25) is 4.68 Å². The van der Waals surface area contributed by atoms with Gasteiger partial charge in [-0.05, 0) is 60.2 Å². The van der Waals surface area contributed by atoms with Crippen molar-refractivity contribution in [3.63, 3.8) is 0 Å². The lowest BCUT2D eigenvalue weighted by Crippen LogP contribution is -2.19.